The van der Waals surface area contributed by atoms with Gasteiger partial charge in [-0.05, 0) is 0 Å². The summed E-state index contributed by atoms with van der Waals surface area (Å²) in [5.74, 6) is 0. The van der Waals surface area contributed by atoms with Gasteiger partial charge in [-0.15, -0.1) is 5.56 Å². The summed E-state index contributed by atoms with van der Waals surface area (Å²) in [4.78, 5) is 0. The molecule has 0 bridgehead atoms. The third-order valence-electron chi connectivity index (χ3n) is 1.00. The van der Waals surface area contributed by atoms with E-state index >= 15 is 0 Å². The van der Waals surface area contributed by atoms with Crippen molar-refractivity contribution in [2.45, 2.75) is 6.92 Å². The Hall–Kier alpha value is 1.05. The van der Waals surface area contributed by atoms with Crippen molar-refractivity contribution in [2.75, 3.05) is 0 Å². The molecule has 0 aliphatic rings. The average Bonchev–Trinajstić information content (AvgIpc) is 2.00. The molecule has 0 fully saturated rings. The van der Waals surface area contributed by atoms with Gasteiger partial charge in [0.25, 0.3) is 0 Å². The molecule has 0 heterocycles. The molecule has 0 atom stereocenters. The first-order valence-corrected chi connectivity index (χ1v) is 12.5. The van der Waals surface area contributed by atoms with E-state index in [1.807, 2.05) is 25.1 Å². The Labute approximate surface area is 90.8 Å². The van der Waals surface area contributed by atoms with Crippen LogP contribution in [0.3, 0.4) is 0 Å². The quantitative estimate of drug-likeness (QED) is 0.377. The molecule has 0 nitrogen and oxygen atoms in total. The Morgan fingerprint density at radius 1 is 1.60 bits per heavy atom. The second kappa shape index (κ2) is 6.74. The number of hydrogen-bond acceptors (Lipinski definition) is 0. The summed E-state index contributed by atoms with van der Waals surface area (Å²) in [7, 11) is 0. The summed E-state index contributed by atoms with van der Waals surface area (Å²) in [5, 5.41) is 0. The van der Waals surface area contributed by atoms with Crippen molar-refractivity contribution in [1.82, 2.24) is 0 Å². The van der Waals surface area contributed by atoms with Crippen LogP contribution in [-0.4, -0.2) is 0 Å². The SMILES string of the molecule is Cc1c[c-]ccc1Br.[Zn+][I]. The van der Waals surface area contributed by atoms with Crippen LogP contribution in [0.25, 0.3) is 0 Å². The maximum atomic E-state index is 3.38. The molecule has 0 aromatic heterocycles. The molecule has 10 heavy (non-hydrogen) atoms. The summed E-state index contributed by atoms with van der Waals surface area (Å²) >= 11 is 7.00. The van der Waals surface area contributed by atoms with E-state index in [-0.39, 0.29) is 0 Å². The molecule has 0 N–H and O–H groups in total. The third kappa shape index (κ3) is 4.04. The zero-order chi connectivity index (χ0) is 7.98. The fraction of sp³-hybridized carbons (Fsp3) is 0.143. The van der Waals surface area contributed by atoms with Gasteiger partial charge >= 0.3 is 34.5 Å². The molecule has 0 saturated carbocycles. The van der Waals surface area contributed by atoms with Crippen LogP contribution in [-0.2, 0) is 14.8 Å². The van der Waals surface area contributed by atoms with Gasteiger partial charge in [0.2, 0.25) is 0 Å². The van der Waals surface area contributed by atoms with E-state index in [4.69, 9.17) is 0 Å². The number of benzene rings is 1. The summed E-state index contributed by atoms with van der Waals surface area (Å²) in [6.45, 7) is 2.04. The normalized spacial score (nSPS) is 8.10. The van der Waals surface area contributed by atoms with Crippen molar-refractivity contribution < 1.29 is 14.8 Å². The first-order chi connectivity index (χ1) is 4.80. The Morgan fingerprint density at radius 3 is 2.50 bits per heavy atom. The van der Waals surface area contributed by atoms with Crippen LogP contribution in [0.2, 0.25) is 0 Å². The molecule has 1 aromatic rings. The van der Waals surface area contributed by atoms with Crippen LogP contribution in [0.1, 0.15) is 5.56 Å². The molecule has 1 rings (SSSR count). The molecule has 0 unspecified atom stereocenters. The van der Waals surface area contributed by atoms with Gasteiger partial charge in [0.1, 0.15) is 0 Å². The van der Waals surface area contributed by atoms with Crippen molar-refractivity contribution in [3.8, 4) is 0 Å². The molecule has 0 aliphatic heterocycles. The molecular formula is C7H6BrIZn. The molecule has 0 aliphatic carbocycles. The van der Waals surface area contributed by atoms with Crippen molar-refractivity contribution in [3.63, 3.8) is 0 Å². The Balaban J connectivity index is 0.000000371. The van der Waals surface area contributed by atoms with Crippen LogP contribution in [0.4, 0.5) is 0 Å². The Morgan fingerprint density at radius 2 is 2.20 bits per heavy atom. The van der Waals surface area contributed by atoms with Crippen molar-refractivity contribution in [1.29, 1.82) is 0 Å². The van der Waals surface area contributed by atoms with Crippen LogP contribution in [0.5, 0.6) is 0 Å². The van der Waals surface area contributed by atoms with Crippen molar-refractivity contribution in [3.05, 3.63) is 34.3 Å². The second-order valence-corrected chi connectivity index (χ2v) is 2.53. The minimum atomic E-state index is 1.15. The van der Waals surface area contributed by atoms with E-state index in [2.05, 4.69) is 41.7 Å². The van der Waals surface area contributed by atoms with Crippen LogP contribution >= 0.6 is 35.7 Å². The first-order valence-electron chi connectivity index (χ1n) is 2.69. The molecular weight excluding hydrogens is 356 g/mol. The summed E-state index contributed by atoms with van der Waals surface area (Å²) < 4.78 is 1.15. The zero-order valence-electron chi connectivity index (χ0n) is 5.70. The standard InChI is InChI=1S/C7H6Br.HI.Zn/c1-6-4-2-3-5-7(6)8;;/h3-5H,1H3;1H;/q-1;;+2/p-1. The monoisotopic (exact) mass is 360 g/mol. The number of hydrogen-bond donors (Lipinski definition) is 0. The van der Waals surface area contributed by atoms with Gasteiger partial charge in [-0.25, -0.2) is 0 Å². The molecule has 0 saturated heterocycles. The molecule has 3 heteroatoms. The van der Waals surface area contributed by atoms with Gasteiger partial charge in [-0.1, -0.05) is 27.3 Å². The van der Waals surface area contributed by atoms with E-state index in [9.17, 15) is 0 Å². The van der Waals surface area contributed by atoms with E-state index in [1.54, 1.807) is 0 Å². The maximum absolute atomic E-state index is 3.38. The number of halogens is 2. The topological polar surface area (TPSA) is 0 Å². The summed E-state index contributed by atoms with van der Waals surface area (Å²) in [6.07, 6.45) is 0. The van der Waals surface area contributed by atoms with Crippen molar-refractivity contribution >= 4 is 35.7 Å². The predicted molar refractivity (Wildman–Crippen MR) is 51.7 cm³/mol. The van der Waals surface area contributed by atoms with Gasteiger partial charge in [-0.3, -0.25) is 0 Å². The summed E-state index contributed by atoms with van der Waals surface area (Å²) in [5.41, 5.74) is 1.23. The van der Waals surface area contributed by atoms with Gasteiger partial charge in [0, 0.05) is 0 Å². The fourth-order valence-corrected chi connectivity index (χ4v) is 0.741. The van der Waals surface area contributed by atoms with Gasteiger partial charge in [0.05, 0.1) is 0 Å². The van der Waals surface area contributed by atoms with Gasteiger partial charge in [-0.2, -0.15) is 24.3 Å². The molecule has 0 radical (unpaired) electrons. The van der Waals surface area contributed by atoms with Crippen LogP contribution in [0, 0.1) is 13.0 Å². The van der Waals surface area contributed by atoms with Gasteiger partial charge < -0.3 is 0 Å². The van der Waals surface area contributed by atoms with Gasteiger partial charge in [0.15, 0.2) is 0 Å². The van der Waals surface area contributed by atoms with Crippen molar-refractivity contribution in [2.24, 2.45) is 0 Å². The number of rotatable bonds is 0. The Bertz CT molecular complexity index is 170. The van der Waals surface area contributed by atoms with Crippen LogP contribution in [0.15, 0.2) is 22.7 Å². The summed E-state index contributed by atoms with van der Waals surface area (Å²) in [6, 6.07) is 8.79. The Kier molecular flexibility index (Phi) is 7.45. The molecule has 0 spiro atoms. The van der Waals surface area contributed by atoms with E-state index < -0.39 is 0 Å². The van der Waals surface area contributed by atoms with Crippen LogP contribution < -0.4 is 0 Å². The molecule has 0 amide bonds. The minimum absolute atomic E-state index is 1.15. The second-order valence-electron chi connectivity index (χ2n) is 1.68. The molecule has 1 aromatic carbocycles. The zero-order valence-corrected chi connectivity index (χ0v) is 12.4. The van der Waals surface area contributed by atoms with E-state index in [1.165, 1.54) is 20.4 Å². The average molecular weight is 362 g/mol. The third-order valence-corrected chi connectivity index (χ3v) is 1.89. The van der Waals surface area contributed by atoms with E-state index in [0.29, 0.717) is 0 Å². The number of aryl methyl sites for hydroxylation is 1. The first kappa shape index (κ1) is 11.1. The van der Waals surface area contributed by atoms with E-state index in [0.717, 1.165) is 4.47 Å². The molecule has 50 valence electrons. The predicted octanol–water partition coefficient (Wildman–Crippen LogP) is 3.44. The fourth-order valence-electron chi connectivity index (χ4n) is 0.495.